The summed E-state index contributed by atoms with van der Waals surface area (Å²) >= 11 is 0. The number of amides is 2. The van der Waals surface area contributed by atoms with Crippen LogP contribution in [0.15, 0.2) is 35.9 Å². The van der Waals surface area contributed by atoms with Crippen LogP contribution in [-0.2, 0) is 0 Å². The van der Waals surface area contributed by atoms with Gasteiger partial charge in [0.2, 0.25) is 0 Å². The Hall–Kier alpha value is -1.94. The van der Waals surface area contributed by atoms with Crippen molar-refractivity contribution in [1.82, 2.24) is 4.90 Å². The second-order valence-electron chi connectivity index (χ2n) is 16.4. The number of carbonyl (C=O) groups excluding carboxylic acids is 2. The summed E-state index contributed by atoms with van der Waals surface area (Å²) in [6.45, 7) is 12.7. The minimum absolute atomic E-state index is 0.0979. The fourth-order valence-electron chi connectivity index (χ4n) is 11.1. The maximum atomic E-state index is 12.7. The molecule has 6 rings (SSSR count). The molecular weight excluding hydrogens is 530 g/mol. The minimum atomic E-state index is -0.667. The molecule has 3 fully saturated rings. The molecule has 4 heteroatoms. The van der Waals surface area contributed by atoms with Crippen molar-refractivity contribution in [3.05, 3.63) is 47.0 Å². The molecule has 0 aromatic heterocycles. The SMILES string of the molecule is CC(C)CCCC(C)C1CCC2C3CC=C4CC(CCC(O)CN5C(=O)c6ccccc6C5=O)CCC4(C)C3CCC12C. The highest BCUT2D eigenvalue weighted by Crippen LogP contribution is 2.67. The van der Waals surface area contributed by atoms with Crippen molar-refractivity contribution in [2.24, 2.45) is 52.3 Å². The molecule has 9 unspecified atom stereocenters. The van der Waals surface area contributed by atoms with Crippen LogP contribution in [0.3, 0.4) is 0 Å². The molecule has 0 saturated heterocycles. The zero-order valence-corrected chi connectivity index (χ0v) is 27.6. The maximum Gasteiger partial charge on any atom is 0.261 e. The van der Waals surface area contributed by atoms with Gasteiger partial charge in [-0.25, -0.2) is 0 Å². The maximum absolute atomic E-state index is 12.7. The fourth-order valence-corrected chi connectivity index (χ4v) is 11.1. The number of rotatable bonds is 10. The van der Waals surface area contributed by atoms with E-state index in [9.17, 15) is 14.7 Å². The molecule has 1 aliphatic heterocycles. The average Bonchev–Trinajstić information content (AvgIpc) is 3.45. The number of aliphatic hydroxyl groups excluding tert-OH is 1. The van der Waals surface area contributed by atoms with E-state index >= 15 is 0 Å². The van der Waals surface area contributed by atoms with Crippen LogP contribution in [0.25, 0.3) is 0 Å². The third-order valence-electron chi connectivity index (χ3n) is 13.6. The molecule has 2 amide bonds. The lowest BCUT2D eigenvalue weighted by molar-refractivity contribution is -0.0532. The number of allylic oxidation sites excluding steroid dienone is 2. The molecule has 1 heterocycles. The highest BCUT2D eigenvalue weighted by Gasteiger charge is 2.59. The Labute approximate surface area is 261 Å². The molecule has 4 nitrogen and oxygen atoms in total. The monoisotopic (exact) mass is 587 g/mol. The van der Waals surface area contributed by atoms with Crippen LogP contribution in [0.5, 0.6) is 0 Å². The number of fused-ring (bicyclic) bond motifs is 6. The van der Waals surface area contributed by atoms with Gasteiger partial charge in [0, 0.05) is 0 Å². The summed E-state index contributed by atoms with van der Waals surface area (Å²) in [6.07, 6.45) is 18.5. The summed E-state index contributed by atoms with van der Waals surface area (Å²) in [4.78, 5) is 26.7. The average molecular weight is 588 g/mol. The Morgan fingerprint density at radius 3 is 2.33 bits per heavy atom. The third-order valence-corrected chi connectivity index (χ3v) is 13.6. The van der Waals surface area contributed by atoms with Crippen LogP contribution in [-0.4, -0.2) is 34.5 Å². The van der Waals surface area contributed by atoms with Gasteiger partial charge in [0.25, 0.3) is 11.8 Å². The molecule has 9 atom stereocenters. The first-order valence-electron chi connectivity index (χ1n) is 17.9. The van der Waals surface area contributed by atoms with Crippen molar-refractivity contribution in [2.45, 2.75) is 124 Å². The summed E-state index contributed by atoms with van der Waals surface area (Å²) in [5, 5.41) is 10.9. The predicted octanol–water partition coefficient (Wildman–Crippen LogP) is 9.08. The highest BCUT2D eigenvalue weighted by atomic mass is 16.3. The molecule has 3 saturated carbocycles. The van der Waals surface area contributed by atoms with Crippen LogP contribution >= 0.6 is 0 Å². The standard InChI is InChI=1S/C39H57NO3/c1-25(2)9-8-10-26(3)33-17-18-34-32-16-14-28-23-27(19-21-38(28,4)35(32)20-22-39(33,34)5)13-15-29(41)24-40-36(42)30-11-6-7-12-31(30)37(40)43/h6-7,11-12,14,25-27,29,32-35,41H,8-10,13,15-24H2,1-5H3. The zero-order valence-electron chi connectivity index (χ0n) is 27.6. The van der Waals surface area contributed by atoms with Gasteiger partial charge in [-0.1, -0.05) is 77.7 Å². The Balaban J connectivity index is 1.04. The van der Waals surface area contributed by atoms with Gasteiger partial charge in [-0.2, -0.15) is 0 Å². The summed E-state index contributed by atoms with van der Waals surface area (Å²) < 4.78 is 0. The molecule has 5 aliphatic rings. The van der Waals surface area contributed by atoms with Crippen molar-refractivity contribution < 1.29 is 14.7 Å². The van der Waals surface area contributed by atoms with Crippen molar-refractivity contribution in [3.63, 3.8) is 0 Å². The number of aliphatic hydroxyl groups is 1. The third kappa shape index (κ3) is 5.57. The Morgan fingerprint density at radius 2 is 1.63 bits per heavy atom. The number of carbonyl (C=O) groups is 2. The molecule has 43 heavy (non-hydrogen) atoms. The topological polar surface area (TPSA) is 57.6 Å². The Morgan fingerprint density at radius 1 is 0.907 bits per heavy atom. The van der Waals surface area contributed by atoms with E-state index in [0.717, 1.165) is 48.3 Å². The van der Waals surface area contributed by atoms with Gasteiger partial charge in [0.1, 0.15) is 0 Å². The lowest BCUT2D eigenvalue weighted by atomic mass is 9.46. The highest BCUT2D eigenvalue weighted by molar-refractivity contribution is 6.21. The lowest BCUT2D eigenvalue weighted by Crippen LogP contribution is -2.50. The van der Waals surface area contributed by atoms with E-state index in [2.05, 4.69) is 40.7 Å². The van der Waals surface area contributed by atoms with Gasteiger partial charge in [-0.15, -0.1) is 0 Å². The van der Waals surface area contributed by atoms with Gasteiger partial charge in [0.05, 0.1) is 23.8 Å². The largest absolute Gasteiger partial charge is 0.391 e. The predicted molar refractivity (Wildman–Crippen MR) is 174 cm³/mol. The van der Waals surface area contributed by atoms with Gasteiger partial charge >= 0.3 is 0 Å². The van der Waals surface area contributed by atoms with Crippen molar-refractivity contribution in [1.29, 1.82) is 0 Å². The molecule has 1 aromatic carbocycles. The van der Waals surface area contributed by atoms with Crippen LogP contribution in [0, 0.1) is 52.3 Å². The quantitative estimate of drug-likeness (QED) is 0.219. The number of nitrogens with zero attached hydrogens (tertiary/aromatic N) is 1. The van der Waals surface area contributed by atoms with Crippen molar-refractivity contribution in [3.8, 4) is 0 Å². The molecular formula is C39H57NO3. The van der Waals surface area contributed by atoms with E-state index in [4.69, 9.17) is 0 Å². The second kappa shape index (κ2) is 12.1. The molecule has 0 radical (unpaired) electrons. The number of β-amino-alcohol motifs (C(OH)–C–C–N with tert-alkyl or cyclic N) is 1. The van der Waals surface area contributed by atoms with Gasteiger partial charge in [-0.05, 0) is 129 Å². The van der Waals surface area contributed by atoms with Gasteiger partial charge in [-0.3, -0.25) is 14.5 Å². The number of imide groups is 1. The van der Waals surface area contributed by atoms with Crippen LogP contribution in [0.4, 0.5) is 0 Å². The zero-order chi connectivity index (χ0) is 30.5. The second-order valence-corrected chi connectivity index (χ2v) is 16.4. The molecule has 0 spiro atoms. The number of benzene rings is 1. The molecule has 0 bridgehead atoms. The Bertz CT molecular complexity index is 1200. The summed E-state index contributed by atoms with van der Waals surface area (Å²) in [6, 6.07) is 6.99. The fraction of sp³-hybridized carbons (Fsp3) is 0.744. The number of hydrogen-bond acceptors (Lipinski definition) is 3. The summed E-state index contributed by atoms with van der Waals surface area (Å²) in [5.41, 5.74) is 3.51. The van der Waals surface area contributed by atoms with Crippen molar-refractivity contribution in [2.75, 3.05) is 6.54 Å². The van der Waals surface area contributed by atoms with E-state index in [1.165, 1.54) is 69.1 Å². The van der Waals surface area contributed by atoms with Gasteiger partial charge < -0.3 is 5.11 Å². The smallest absolute Gasteiger partial charge is 0.261 e. The first kappa shape index (κ1) is 31.1. The first-order chi connectivity index (χ1) is 20.5. The molecule has 1 aromatic rings. The number of hydrogen-bond donors (Lipinski definition) is 1. The summed E-state index contributed by atoms with van der Waals surface area (Å²) in [7, 11) is 0. The molecule has 236 valence electrons. The van der Waals surface area contributed by atoms with E-state index in [1.807, 2.05) is 0 Å². The van der Waals surface area contributed by atoms with Crippen LogP contribution < -0.4 is 0 Å². The van der Waals surface area contributed by atoms with Crippen molar-refractivity contribution >= 4 is 11.8 Å². The van der Waals surface area contributed by atoms with E-state index in [-0.39, 0.29) is 18.4 Å². The lowest BCUT2D eigenvalue weighted by Gasteiger charge is -2.58. The Kier molecular flexibility index (Phi) is 8.74. The van der Waals surface area contributed by atoms with Crippen LogP contribution in [0.1, 0.15) is 139 Å². The van der Waals surface area contributed by atoms with E-state index < -0.39 is 6.10 Å². The molecule has 1 N–H and O–H groups in total. The van der Waals surface area contributed by atoms with Crippen LogP contribution in [0.2, 0.25) is 0 Å². The normalized spacial score (nSPS) is 36.6. The molecule has 4 aliphatic carbocycles. The first-order valence-corrected chi connectivity index (χ1v) is 17.9. The van der Waals surface area contributed by atoms with E-state index in [1.54, 1.807) is 29.8 Å². The summed E-state index contributed by atoms with van der Waals surface area (Å²) in [5.74, 6) is 5.23. The van der Waals surface area contributed by atoms with E-state index in [0.29, 0.717) is 34.3 Å². The minimum Gasteiger partial charge on any atom is -0.391 e. The van der Waals surface area contributed by atoms with Gasteiger partial charge in [0.15, 0.2) is 0 Å².